The summed E-state index contributed by atoms with van der Waals surface area (Å²) >= 11 is 0. The van der Waals surface area contributed by atoms with Crippen molar-refractivity contribution < 1.29 is 14.1 Å². The van der Waals surface area contributed by atoms with Gasteiger partial charge >= 0.3 is 5.88 Å². The molecule has 8 heteroatoms. The minimum Gasteiger partial charge on any atom is -0.473 e. The van der Waals surface area contributed by atoms with Gasteiger partial charge in [-0.1, -0.05) is 24.3 Å². The fourth-order valence-corrected chi connectivity index (χ4v) is 2.76. The van der Waals surface area contributed by atoms with E-state index >= 15 is 0 Å². The molecule has 140 valence electrons. The van der Waals surface area contributed by atoms with Gasteiger partial charge in [0.05, 0.1) is 23.3 Å². The van der Waals surface area contributed by atoms with E-state index in [1.807, 2.05) is 60.0 Å². The second-order valence-electron chi connectivity index (χ2n) is 6.11. The number of hydrogen-bond acceptors (Lipinski definition) is 6. The molecule has 0 radical (unpaired) electrons. The molecule has 4 rings (SSSR count). The first-order chi connectivity index (χ1) is 13.6. The predicted molar refractivity (Wildman–Crippen MR) is 104 cm³/mol. The van der Waals surface area contributed by atoms with E-state index in [-0.39, 0.29) is 18.4 Å². The Morgan fingerprint density at radius 1 is 1.21 bits per heavy atom. The van der Waals surface area contributed by atoms with Crippen LogP contribution >= 0.6 is 0 Å². The number of aliphatic imine (C=N–C) groups is 1. The number of nitrogens with zero attached hydrogens (tertiary/aromatic N) is 4. The first-order valence-electron chi connectivity index (χ1n) is 8.53. The largest absolute Gasteiger partial charge is 0.473 e. The zero-order valence-corrected chi connectivity index (χ0v) is 15.0. The zero-order chi connectivity index (χ0) is 19.5. The molecule has 2 aromatic heterocycles. The van der Waals surface area contributed by atoms with Crippen molar-refractivity contribution in [3.63, 3.8) is 0 Å². The lowest BCUT2D eigenvalue weighted by Crippen LogP contribution is -2.05. The Labute approximate surface area is 159 Å². The van der Waals surface area contributed by atoms with Gasteiger partial charge in [-0.2, -0.15) is 0 Å². The van der Waals surface area contributed by atoms with Crippen molar-refractivity contribution in [3.8, 4) is 5.75 Å². The average molecular weight is 376 g/mol. The Hall–Kier alpha value is -3.94. The average Bonchev–Trinajstić information content (AvgIpc) is 3.29. The van der Waals surface area contributed by atoms with E-state index < -0.39 is 4.92 Å². The number of hydrogen-bond donors (Lipinski definition) is 0. The van der Waals surface area contributed by atoms with Crippen LogP contribution in [0.15, 0.2) is 70.1 Å². The second-order valence-corrected chi connectivity index (χ2v) is 6.11. The highest BCUT2D eigenvalue weighted by Crippen LogP contribution is 2.23. The van der Waals surface area contributed by atoms with E-state index in [9.17, 15) is 10.1 Å². The van der Waals surface area contributed by atoms with Crippen LogP contribution in [-0.2, 0) is 6.73 Å². The Balaban J connectivity index is 1.64. The van der Waals surface area contributed by atoms with E-state index in [2.05, 4.69) is 9.98 Å². The van der Waals surface area contributed by atoms with Crippen molar-refractivity contribution in [1.82, 2.24) is 9.55 Å². The molecule has 0 unspecified atom stereocenters. The fraction of sp³-hybridized carbons (Fsp3) is 0.100. The smallest absolute Gasteiger partial charge is 0.433 e. The molecule has 4 aromatic rings. The summed E-state index contributed by atoms with van der Waals surface area (Å²) in [5.74, 6) is 1.09. The van der Waals surface area contributed by atoms with Gasteiger partial charge in [-0.05, 0) is 42.8 Å². The molecular weight excluding hydrogens is 360 g/mol. The van der Waals surface area contributed by atoms with Gasteiger partial charge in [-0.25, -0.2) is 9.98 Å². The summed E-state index contributed by atoms with van der Waals surface area (Å²) in [6.07, 6.45) is 1.40. The molecule has 8 nitrogen and oxygen atoms in total. The van der Waals surface area contributed by atoms with Crippen molar-refractivity contribution in [1.29, 1.82) is 0 Å². The van der Waals surface area contributed by atoms with E-state index in [1.165, 1.54) is 18.3 Å². The second kappa shape index (κ2) is 7.36. The zero-order valence-electron chi connectivity index (χ0n) is 15.0. The highest BCUT2D eigenvalue weighted by molar-refractivity contribution is 5.82. The quantitative estimate of drug-likeness (QED) is 0.278. The molecule has 0 bridgehead atoms. The number of furan rings is 1. The minimum absolute atomic E-state index is 0.217. The van der Waals surface area contributed by atoms with Crippen molar-refractivity contribution in [2.45, 2.75) is 13.7 Å². The van der Waals surface area contributed by atoms with E-state index in [1.54, 1.807) is 0 Å². The number of ether oxygens (including phenoxy) is 1. The molecule has 0 fully saturated rings. The lowest BCUT2D eigenvalue weighted by atomic mass is 10.2. The maximum atomic E-state index is 10.7. The van der Waals surface area contributed by atoms with Gasteiger partial charge in [-0.3, -0.25) is 14.7 Å². The number of imidazole rings is 1. The summed E-state index contributed by atoms with van der Waals surface area (Å²) in [4.78, 5) is 19.0. The van der Waals surface area contributed by atoms with Crippen LogP contribution in [0.1, 0.15) is 11.3 Å². The SMILES string of the molecule is Cc1cccc(OCn2c(/N=C/c3ccc([N+](=O)[O-])o3)nc3ccccc32)c1. The van der Waals surface area contributed by atoms with Crippen LogP contribution in [0.4, 0.5) is 11.8 Å². The summed E-state index contributed by atoms with van der Waals surface area (Å²) in [6.45, 7) is 2.21. The van der Waals surface area contributed by atoms with Crippen LogP contribution < -0.4 is 4.74 Å². The number of nitro groups is 1. The Bertz CT molecular complexity index is 1180. The van der Waals surface area contributed by atoms with Crippen molar-refractivity contribution in [2.24, 2.45) is 4.99 Å². The Morgan fingerprint density at radius 3 is 2.86 bits per heavy atom. The molecule has 28 heavy (non-hydrogen) atoms. The van der Waals surface area contributed by atoms with Gasteiger partial charge in [0.15, 0.2) is 12.5 Å². The van der Waals surface area contributed by atoms with Crippen LogP contribution in [-0.4, -0.2) is 20.7 Å². The van der Waals surface area contributed by atoms with Gasteiger partial charge < -0.3 is 9.15 Å². The maximum Gasteiger partial charge on any atom is 0.433 e. The molecule has 0 amide bonds. The standard InChI is InChI=1S/C20H16N4O4/c1-14-5-4-6-15(11-14)27-13-23-18-8-3-2-7-17(18)22-20(23)21-12-16-9-10-19(28-16)24(25)26/h2-12H,13H2,1H3/b21-12+. The van der Waals surface area contributed by atoms with Crippen LogP contribution in [0, 0.1) is 17.0 Å². The van der Waals surface area contributed by atoms with Gasteiger partial charge in [0.25, 0.3) is 0 Å². The summed E-state index contributed by atoms with van der Waals surface area (Å²) < 4.78 is 12.8. The van der Waals surface area contributed by atoms with Crippen molar-refractivity contribution in [3.05, 3.63) is 82.1 Å². The third-order valence-electron chi connectivity index (χ3n) is 4.08. The minimum atomic E-state index is -0.595. The molecule has 2 heterocycles. The molecule has 0 spiro atoms. The van der Waals surface area contributed by atoms with Crippen LogP contribution in [0.3, 0.4) is 0 Å². The highest BCUT2D eigenvalue weighted by Gasteiger charge is 2.12. The van der Waals surface area contributed by atoms with E-state index in [0.717, 1.165) is 22.3 Å². The fourth-order valence-electron chi connectivity index (χ4n) is 2.76. The monoisotopic (exact) mass is 376 g/mol. The number of aromatic nitrogens is 2. The molecular formula is C20H16N4O4. The van der Waals surface area contributed by atoms with Gasteiger partial charge in [0, 0.05) is 0 Å². The number of rotatable bonds is 6. The van der Waals surface area contributed by atoms with Gasteiger partial charge in [0.2, 0.25) is 5.95 Å². The number of fused-ring (bicyclic) bond motifs is 1. The molecule has 0 aliphatic rings. The molecule has 0 saturated carbocycles. The predicted octanol–water partition coefficient (Wildman–Crippen LogP) is 4.63. The highest BCUT2D eigenvalue weighted by atomic mass is 16.6. The van der Waals surface area contributed by atoms with Crippen LogP contribution in [0.5, 0.6) is 5.75 Å². The molecule has 0 aliphatic heterocycles. The van der Waals surface area contributed by atoms with Gasteiger partial charge in [-0.15, -0.1) is 0 Å². The van der Waals surface area contributed by atoms with E-state index in [0.29, 0.717) is 5.95 Å². The molecule has 0 atom stereocenters. The Kier molecular flexibility index (Phi) is 4.59. The van der Waals surface area contributed by atoms with Crippen molar-refractivity contribution >= 4 is 29.1 Å². The number of para-hydroxylation sites is 2. The number of aryl methyl sites for hydroxylation is 1. The lowest BCUT2D eigenvalue weighted by molar-refractivity contribution is -0.402. The third kappa shape index (κ3) is 3.61. The van der Waals surface area contributed by atoms with Crippen molar-refractivity contribution in [2.75, 3.05) is 0 Å². The first kappa shape index (κ1) is 17.5. The van der Waals surface area contributed by atoms with Crippen LogP contribution in [0.25, 0.3) is 11.0 Å². The topological polar surface area (TPSA) is 95.7 Å². The number of benzene rings is 2. The maximum absolute atomic E-state index is 10.7. The summed E-state index contributed by atoms with van der Waals surface area (Å²) in [6, 6.07) is 18.1. The van der Waals surface area contributed by atoms with Gasteiger partial charge in [0.1, 0.15) is 10.7 Å². The third-order valence-corrected chi connectivity index (χ3v) is 4.08. The summed E-state index contributed by atoms with van der Waals surface area (Å²) in [5, 5.41) is 10.7. The van der Waals surface area contributed by atoms with E-state index in [4.69, 9.17) is 9.15 Å². The summed E-state index contributed by atoms with van der Waals surface area (Å²) in [7, 11) is 0. The molecule has 0 N–H and O–H groups in total. The first-order valence-corrected chi connectivity index (χ1v) is 8.53. The molecule has 0 aliphatic carbocycles. The molecule has 2 aromatic carbocycles. The Morgan fingerprint density at radius 2 is 2.07 bits per heavy atom. The molecule has 0 saturated heterocycles. The lowest BCUT2D eigenvalue weighted by Gasteiger charge is -2.09. The normalized spacial score (nSPS) is 11.3. The van der Waals surface area contributed by atoms with Crippen LogP contribution in [0.2, 0.25) is 0 Å². The summed E-state index contributed by atoms with van der Waals surface area (Å²) in [5.41, 5.74) is 2.74.